The normalized spacial score (nSPS) is 34.1. The zero-order valence-corrected chi connectivity index (χ0v) is 10.9. The van der Waals surface area contributed by atoms with E-state index >= 15 is 0 Å². The fraction of sp³-hybridized carbons (Fsp3) is 1.00. The maximum absolute atomic E-state index is 9.58. The van der Waals surface area contributed by atoms with Crippen molar-refractivity contribution in [3.63, 3.8) is 0 Å². The molecule has 0 radical (unpaired) electrons. The smallest absolute Gasteiger partial charge is 0.0576 e. The summed E-state index contributed by atoms with van der Waals surface area (Å²) in [5, 5.41) is 13.1. The Bertz CT molecular complexity index is 204. The SMILES string of the molecule is OC1CCCC(CNCCCC2CCCO2)C1. The van der Waals surface area contributed by atoms with Crippen LogP contribution in [0.3, 0.4) is 0 Å². The Morgan fingerprint density at radius 2 is 2.12 bits per heavy atom. The Kier molecular flexibility index (Phi) is 5.75. The number of rotatable bonds is 6. The molecule has 3 atom stereocenters. The van der Waals surface area contributed by atoms with Crippen LogP contribution in [0.2, 0.25) is 0 Å². The predicted octanol–water partition coefficient (Wildman–Crippen LogP) is 2.09. The molecule has 0 aromatic carbocycles. The van der Waals surface area contributed by atoms with E-state index < -0.39 is 0 Å². The van der Waals surface area contributed by atoms with E-state index in [1.165, 1.54) is 38.5 Å². The molecular formula is C14H27NO2. The van der Waals surface area contributed by atoms with Crippen LogP contribution in [-0.2, 0) is 4.74 Å². The summed E-state index contributed by atoms with van der Waals surface area (Å²) in [7, 11) is 0. The number of nitrogens with one attached hydrogen (secondary N) is 1. The second-order valence-corrected chi connectivity index (χ2v) is 5.67. The number of aliphatic hydroxyl groups excluding tert-OH is 1. The highest BCUT2D eigenvalue weighted by Gasteiger charge is 2.19. The highest BCUT2D eigenvalue weighted by atomic mass is 16.5. The van der Waals surface area contributed by atoms with Gasteiger partial charge in [0.05, 0.1) is 12.2 Å². The van der Waals surface area contributed by atoms with Gasteiger partial charge < -0.3 is 15.2 Å². The summed E-state index contributed by atoms with van der Waals surface area (Å²) < 4.78 is 5.60. The summed E-state index contributed by atoms with van der Waals surface area (Å²) in [5.74, 6) is 0.696. The van der Waals surface area contributed by atoms with Crippen LogP contribution in [-0.4, -0.2) is 37.0 Å². The van der Waals surface area contributed by atoms with Crippen LogP contribution in [0.4, 0.5) is 0 Å². The molecule has 1 aliphatic heterocycles. The first-order chi connectivity index (χ1) is 8.34. The van der Waals surface area contributed by atoms with E-state index in [-0.39, 0.29) is 6.10 Å². The highest BCUT2D eigenvalue weighted by molar-refractivity contribution is 4.74. The number of hydrogen-bond acceptors (Lipinski definition) is 3. The standard InChI is InChI=1S/C14H27NO2/c16-13-5-1-4-12(10-13)11-15-8-2-6-14-7-3-9-17-14/h12-16H,1-11H2. The van der Waals surface area contributed by atoms with Gasteiger partial charge in [0, 0.05) is 6.61 Å². The molecule has 2 rings (SSSR count). The lowest BCUT2D eigenvalue weighted by Crippen LogP contribution is -2.29. The van der Waals surface area contributed by atoms with Crippen molar-refractivity contribution < 1.29 is 9.84 Å². The van der Waals surface area contributed by atoms with Gasteiger partial charge in [0.25, 0.3) is 0 Å². The largest absolute Gasteiger partial charge is 0.393 e. The van der Waals surface area contributed by atoms with Crippen molar-refractivity contribution in [1.29, 1.82) is 0 Å². The number of ether oxygens (including phenoxy) is 1. The minimum atomic E-state index is -0.0394. The first-order valence-electron chi connectivity index (χ1n) is 7.35. The quantitative estimate of drug-likeness (QED) is 0.700. The van der Waals surface area contributed by atoms with Gasteiger partial charge in [-0.05, 0) is 64.0 Å². The lowest BCUT2D eigenvalue weighted by Gasteiger charge is -2.26. The van der Waals surface area contributed by atoms with Gasteiger partial charge in [0.1, 0.15) is 0 Å². The molecule has 2 N–H and O–H groups in total. The maximum atomic E-state index is 9.58. The van der Waals surface area contributed by atoms with Crippen molar-refractivity contribution >= 4 is 0 Å². The number of hydrogen-bond donors (Lipinski definition) is 2. The van der Waals surface area contributed by atoms with Crippen molar-refractivity contribution in [3.05, 3.63) is 0 Å². The molecule has 2 aliphatic rings. The van der Waals surface area contributed by atoms with Gasteiger partial charge in [-0.2, -0.15) is 0 Å². The lowest BCUT2D eigenvalue weighted by atomic mass is 9.87. The van der Waals surface area contributed by atoms with E-state index in [1.54, 1.807) is 0 Å². The number of aliphatic hydroxyl groups is 1. The van der Waals surface area contributed by atoms with Crippen LogP contribution in [0.25, 0.3) is 0 Å². The van der Waals surface area contributed by atoms with Crippen molar-refractivity contribution in [1.82, 2.24) is 5.32 Å². The Morgan fingerprint density at radius 3 is 2.88 bits per heavy atom. The summed E-state index contributed by atoms with van der Waals surface area (Å²) in [5.41, 5.74) is 0. The third kappa shape index (κ3) is 4.94. The zero-order chi connectivity index (χ0) is 11.9. The summed E-state index contributed by atoms with van der Waals surface area (Å²) >= 11 is 0. The molecule has 3 heteroatoms. The van der Waals surface area contributed by atoms with E-state index in [1.807, 2.05) is 0 Å². The summed E-state index contributed by atoms with van der Waals surface area (Å²) in [6.07, 6.45) is 9.93. The van der Waals surface area contributed by atoms with Crippen LogP contribution in [0.1, 0.15) is 51.4 Å². The van der Waals surface area contributed by atoms with E-state index in [9.17, 15) is 5.11 Å². The molecule has 0 aromatic heterocycles. The molecule has 17 heavy (non-hydrogen) atoms. The van der Waals surface area contributed by atoms with Gasteiger partial charge in [0.15, 0.2) is 0 Å². The molecule has 0 spiro atoms. The van der Waals surface area contributed by atoms with Crippen LogP contribution in [0.5, 0.6) is 0 Å². The third-order valence-corrected chi connectivity index (χ3v) is 4.09. The average Bonchev–Trinajstić information content (AvgIpc) is 2.82. The van der Waals surface area contributed by atoms with E-state index in [4.69, 9.17) is 4.74 Å². The van der Waals surface area contributed by atoms with Gasteiger partial charge >= 0.3 is 0 Å². The highest BCUT2D eigenvalue weighted by Crippen LogP contribution is 2.23. The van der Waals surface area contributed by atoms with Gasteiger partial charge in [-0.25, -0.2) is 0 Å². The Morgan fingerprint density at radius 1 is 1.18 bits per heavy atom. The molecule has 1 saturated heterocycles. The zero-order valence-electron chi connectivity index (χ0n) is 10.9. The molecule has 3 unspecified atom stereocenters. The van der Waals surface area contributed by atoms with Gasteiger partial charge in [0.2, 0.25) is 0 Å². The molecule has 0 amide bonds. The fourth-order valence-corrected chi connectivity index (χ4v) is 3.08. The van der Waals surface area contributed by atoms with Crippen molar-refractivity contribution in [2.75, 3.05) is 19.7 Å². The Balaban J connectivity index is 1.45. The third-order valence-electron chi connectivity index (χ3n) is 4.09. The molecular weight excluding hydrogens is 214 g/mol. The topological polar surface area (TPSA) is 41.5 Å². The molecule has 0 aromatic rings. The van der Waals surface area contributed by atoms with Crippen LogP contribution >= 0.6 is 0 Å². The van der Waals surface area contributed by atoms with Crippen molar-refractivity contribution in [2.45, 2.75) is 63.6 Å². The molecule has 1 heterocycles. The van der Waals surface area contributed by atoms with E-state index in [0.717, 1.165) is 32.5 Å². The Hall–Kier alpha value is -0.120. The van der Waals surface area contributed by atoms with Crippen molar-refractivity contribution in [2.24, 2.45) is 5.92 Å². The summed E-state index contributed by atoms with van der Waals surface area (Å²) in [6.45, 7) is 3.16. The molecule has 2 fully saturated rings. The van der Waals surface area contributed by atoms with Gasteiger partial charge in [-0.15, -0.1) is 0 Å². The van der Waals surface area contributed by atoms with Gasteiger partial charge in [-0.3, -0.25) is 0 Å². The van der Waals surface area contributed by atoms with Gasteiger partial charge in [-0.1, -0.05) is 6.42 Å². The first kappa shape index (κ1) is 13.3. The lowest BCUT2D eigenvalue weighted by molar-refractivity contribution is 0.0980. The maximum Gasteiger partial charge on any atom is 0.0576 e. The molecule has 3 nitrogen and oxygen atoms in total. The van der Waals surface area contributed by atoms with E-state index in [2.05, 4.69) is 5.32 Å². The molecule has 1 saturated carbocycles. The van der Waals surface area contributed by atoms with Crippen LogP contribution in [0.15, 0.2) is 0 Å². The molecule has 0 bridgehead atoms. The van der Waals surface area contributed by atoms with E-state index in [0.29, 0.717) is 12.0 Å². The minimum Gasteiger partial charge on any atom is -0.393 e. The van der Waals surface area contributed by atoms with Crippen LogP contribution in [0, 0.1) is 5.92 Å². The monoisotopic (exact) mass is 241 g/mol. The predicted molar refractivity (Wildman–Crippen MR) is 69.0 cm³/mol. The fourth-order valence-electron chi connectivity index (χ4n) is 3.08. The molecule has 1 aliphatic carbocycles. The summed E-state index contributed by atoms with van der Waals surface area (Å²) in [4.78, 5) is 0. The molecule has 100 valence electrons. The van der Waals surface area contributed by atoms with Crippen LogP contribution < -0.4 is 5.32 Å². The average molecular weight is 241 g/mol. The van der Waals surface area contributed by atoms with Crippen molar-refractivity contribution in [3.8, 4) is 0 Å². The second kappa shape index (κ2) is 7.34. The second-order valence-electron chi connectivity index (χ2n) is 5.67. The first-order valence-corrected chi connectivity index (χ1v) is 7.35. The Labute approximate surface area is 105 Å². The summed E-state index contributed by atoms with van der Waals surface area (Å²) in [6, 6.07) is 0. The minimum absolute atomic E-state index is 0.0394.